The third-order valence-electron chi connectivity index (χ3n) is 3.17. The maximum Gasteiger partial charge on any atom is 0.234 e. The van der Waals surface area contributed by atoms with Gasteiger partial charge in [0.15, 0.2) is 23.0 Å². The van der Waals surface area contributed by atoms with Crippen molar-refractivity contribution in [3.05, 3.63) is 47.5 Å². The highest BCUT2D eigenvalue weighted by atomic mass is 35.5. The van der Waals surface area contributed by atoms with E-state index in [1.54, 1.807) is 24.3 Å². The lowest BCUT2D eigenvalue weighted by atomic mass is 10.2. The lowest BCUT2D eigenvalue weighted by molar-refractivity contribution is 0.373. The first-order chi connectivity index (χ1) is 12.5. The third kappa shape index (κ3) is 6.40. The highest BCUT2D eigenvalue weighted by Gasteiger charge is 2.01. The van der Waals surface area contributed by atoms with Crippen LogP contribution in [0.5, 0.6) is 23.0 Å². The number of nitrogens with one attached hydrogen (secondary N) is 1. The molecule has 0 aliphatic rings. The van der Waals surface area contributed by atoms with Crippen molar-refractivity contribution < 1.29 is 19.7 Å². The fourth-order valence-electron chi connectivity index (χ4n) is 1.90. The molecule has 0 saturated heterocycles. The summed E-state index contributed by atoms with van der Waals surface area (Å²) in [6.45, 7) is 0. The summed E-state index contributed by atoms with van der Waals surface area (Å²) in [4.78, 5) is 0. The van der Waals surface area contributed by atoms with Crippen molar-refractivity contribution in [2.24, 2.45) is 21.0 Å². The van der Waals surface area contributed by atoms with Crippen molar-refractivity contribution in [1.29, 1.82) is 0 Å². The lowest BCUT2D eigenvalue weighted by Crippen LogP contribution is -2.26. The number of rotatable bonds is 6. The highest BCUT2D eigenvalue weighted by molar-refractivity contribution is 5.85. The van der Waals surface area contributed by atoms with Crippen LogP contribution >= 0.6 is 12.4 Å². The van der Waals surface area contributed by atoms with E-state index in [2.05, 4.69) is 20.7 Å². The predicted octanol–water partition coefficient (Wildman–Crippen LogP) is 1.81. The summed E-state index contributed by atoms with van der Waals surface area (Å²) in [5, 5.41) is 30.5. The van der Waals surface area contributed by atoms with Gasteiger partial charge in [-0.15, -0.1) is 17.5 Å². The van der Waals surface area contributed by atoms with Crippen LogP contribution in [0.2, 0.25) is 0 Å². The van der Waals surface area contributed by atoms with Gasteiger partial charge in [-0.1, -0.05) is 0 Å². The van der Waals surface area contributed by atoms with Crippen molar-refractivity contribution >= 4 is 30.8 Å². The Morgan fingerprint density at radius 2 is 1.48 bits per heavy atom. The summed E-state index contributed by atoms with van der Waals surface area (Å²) in [5.41, 5.74) is 9.53. The monoisotopic (exact) mass is 393 g/mol. The standard InChI is InChI=1S/C17H19N5O4.ClH/c1-25-15-7-11(3-5-13(15)23)9-19-21-17(18)22-20-10-12-4-6-14(24)16(8-12)26-2;/h3-10,23-24H,1-2H3,(H3,18,21,22);1H/b19-9+,20-10+;. The van der Waals surface area contributed by atoms with Crippen molar-refractivity contribution in [3.8, 4) is 23.0 Å². The van der Waals surface area contributed by atoms with Crippen molar-refractivity contribution in [2.45, 2.75) is 0 Å². The number of nitrogens with zero attached hydrogens (tertiary/aromatic N) is 3. The van der Waals surface area contributed by atoms with Crippen LogP contribution in [0.1, 0.15) is 11.1 Å². The van der Waals surface area contributed by atoms with E-state index in [4.69, 9.17) is 15.2 Å². The van der Waals surface area contributed by atoms with Gasteiger partial charge in [-0.05, 0) is 47.5 Å². The van der Waals surface area contributed by atoms with E-state index in [-0.39, 0.29) is 29.9 Å². The van der Waals surface area contributed by atoms with Gasteiger partial charge in [-0.2, -0.15) is 10.2 Å². The largest absolute Gasteiger partial charge is 0.504 e. The minimum absolute atomic E-state index is 0. The number of phenolic OH excluding ortho intramolecular Hbond substituents is 2. The maximum atomic E-state index is 9.53. The number of hydrogen-bond acceptors (Lipinski definition) is 7. The molecule has 144 valence electrons. The van der Waals surface area contributed by atoms with Crippen LogP contribution < -0.4 is 20.6 Å². The molecule has 5 N–H and O–H groups in total. The maximum absolute atomic E-state index is 9.53. The summed E-state index contributed by atoms with van der Waals surface area (Å²) < 4.78 is 10.0. The average Bonchev–Trinajstić information content (AvgIpc) is 2.64. The lowest BCUT2D eigenvalue weighted by Gasteiger charge is -2.03. The number of hydrazone groups is 1. The molecule has 9 nitrogen and oxygen atoms in total. The molecule has 2 aromatic rings. The van der Waals surface area contributed by atoms with Crippen molar-refractivity contribution in [1.82, 2.24) is 5.43 Å². The predicted molar refractivity (Wildman–Crippen MR) is 107 cm³/mol. The van der Waals surface area contributed by atoms with E-state index in [0.717, 1.165) is 0 Å². The van der Waals surface area contributed by atoms with Crippen LogP contribution in [-0.2, 0) is 0 Å². The van der Waals surface area contributed by atoms with E-state index in [0.29, 0.717) is 22.6 Å². The third-order valence-corrected chi connectivity index (χ3v) is 3.17. The molecular weight excluding hydrogens is 374 g/mol. The van der Waals surface area contributed by atoms with E-state index < -0.39 is 0 Å². The Bertz CT molecular complexity index is 855. The minimum Gasteiger partial charge on any atom is -0.504 e. The van der Waals surface area contributed by atoms with Gasteiger partial charge in [0.05, 0.1) is 26.6 Å². The molecule has 0 heterocycles. The summed E-state index contributed by atoms with van der Waals surface area (Å²) in [7, 11) is 2.91. The zero-order chi connectivity index (χ0) is 18.9. The zero-order valence-electron chi connectivity index (χ0n) is 14.7. The first kappa shape index (κ1) is 21.6. The molecule has 0 radical (unpaired) electrons. The van der Waals surface area contributed by atoms with Gasteiger partial charge >= 0.3 is 0 Å². The van der Waals surface area contributed by atoms with Gasteiger partial charge in [-0.25, -0.2) is 5.43 Å². The molecule has 0 atom stereocenters. The van der Waals surface area contributed by atoms with E-state index in [1.807, 2.05) is 0 Å². The smallest absolute Gasteiger partial charge is 0.234 e. The minimum atomic E-state index is -0.0195. The van der Waals surface area contributed by atoms with Crippen LogP contribution in [0.4, 0.5) is 0 Å². The molecular formula is C17H20ClN5O4. The van der Waals surface area contributed by atoms with Crippen LogP contribution in [0.25, 0.3) is 0 Å². The summed E-state index contributed by atoms with van der Waals surface area (Å²) in [6, 6.07) is 9.51. The topological polar surface area (TPSA) is 134 Å². The molecule has 0 aromatic heterocycles. The molecule has 0 spiro atoms. The Balaban J connectivity index is 0.00000364. The normalized spacial score (nSPS) is 11.4. The van der Waals surface area contributed by atoms with Gasteiger partial charge in [0.25, 0.3) is 0 Å². The fraction of sp³-hybridized carbons (Fsp3) is 0.118. The number of phenols is 2. The second kappa shape index (κ2) is 10.5. The van der Waals surface area contributed by atoms with Crippen LogP contribution in [0, 0.1) is 0 Å². The van der Waals surface area contributed by atoms with Crippen molar-refractivity contribution in [2.75, 3.05) is 14.2 Å². The number of halogens is 1. The first-order valence-electron chi connectivity index (χ1n) is 7.43. The van der Waals surface area contributed by atoms with Crippen molar-refractivity contribution in [3.63, 3.8) is 0 Å². The van der Waals surface area contributed by atoms with Crippen LogP contribution in [0.15, 0.2) is 51.7 Å². The van der Waals surface area contributed by atoms with E-state index >= 15 is 0 Å². The molecule has 0 aliphatic heterocycles. The molecule has 2 aromatic carbocycles. The summed E-state index contributed by atoms with van der Waals surface area (Å²) >= 11 is 0. The second-order valence-corrected chi connectivity index (χ2v) is 4.96. The molecule has 10 heteroatoms. The highest BCUT2D eigenvalue weighted by Crippen LogP contribution is 2.26. The number of aromatic hydroxyl groups is 2. The first-order valence-corrected chi connectivity index (χ1v) is 7.43. The van der Waals surface area contributed by atoms with Gasteiger partial charge < -0.3 is 25.4 Å². The molecule has 0 saturated carbocycles. The van der Waals surface area contributed by atoms with Crippen LogP contribution in [0.3, 0.4) is 0 Å². The number of methoxy groups -OCH3 is 2. The van der Waals surface area contributed by atoms with E-state index in [1.165, 1.54) is 38.8 Å². The Hall–Kier alpha value is -3.46. The zero-order valence-corrected chi connectivity index (χ0v) is 15.5. The second-order valence-electron chi connectivity index (χ2n) is 4.96. The Morgan fingerprint density at radius 1 is 0.963 bits per heavy atom. The van der Waals surface area contributed by atoms with Gasteiger partial charge in [-0.3, -0.25) is 0 Å². The molecule has 2 rings (SSSR count). The van der Waals surface area contributed by atoms with Gasteiger partial charge in [0.1, 0.15) is 0 Å². The molecule has 0 aliphatic carbocycles. The quantitative estimate of drug-likeness (QED) is 0.336. The summed E-state index contributed by atoms with van der Waals surface area (Å²) in [5.74, 6) is 0.727. The average molecular weight is 394 g/mol. The molecule has 27 heavy (non-hydrogen) atoms. The fourth-order valence-corrected chi connectivity index (χ4v) is 1.90. The van der Waals surface area contributed by atoms with E-state index in [9.17, 15) is 10.2 Å². The number of nitrogens with two attached hydrogens (primary N) is 1. The molecule has 0 amide bonds. The van der Waals surface area contributed by atoms with Gasteiger partial charge in [0.2, 0.25) is 5.96 Å². The molecule has 0 bridgehead atoms. The number of guanidine groups is 1. The SMILES string of the molecule is COc1cc(/C=N/N=C(N)N/N=C/c2ccc(O)c(OC)c2)ccc1O.Cl. The number of ether oxygens (including phenoxy) is 2. The number of benzene rings is 2. The Labute approximate surface area is 162 Å². The Morgan fingerprint density at radius 3 is 2.00 bits per heavy atom. The van der Waals surface area contributed by atoms with Crippen LogP contribution in [-0.4, -0.2) is 42.8 Å². The van der Waals surface area contributed by atoms with Gasteiger partial charge in [0, 0.05) is 0 Å². The number of hydrogen-bond donors (Lipinski definition) is 4. The molecule has 0 fully saturated rings. The molecule has 0 unspecified atom stereocenters. The Kier molecular flexibility index (Phi) is 8.40. The summed E-state index contributed by atoms with van der Waals surface area (Å²) in [6.07, 6.45) is 2.93.